The third kappa shape index (κ3) is 4.53. The van der Waals surface area contributed by atoms with Gasteiger partial charge in [0.15, 0.2) is 0 Å². The number of para-hydroxylation sites is 1. The Balaban J connectivity index is 1.60. The zero-order chi connectivity index (χ0) is 18.4. The first kappa shape index (κ1) is 18.7. The molecule has 3 heteroatoms. The van der Waals surface area contributed by atoms with Crippen molar-refractivity contribution in [3.05, 3.63) is 66.2 Å². The van der Waals surface area contributed by atoms with Crippen molar-refractivity contribution in [2.75, 3.05) is 24.5 Å². The Morgan fingerprint density at radius 3 is 2.19 bits per heavy atom. The predicted octanol–water partition coefficient (Wildman–Crippen LogP) is 4.70. The van der Waals surface area contributed by atoms with Crippen LogP contribution in [-0.2, 0) is 4.79 Å². The molecular formula is C23H30N2O. The highest BCUT2D eigenvalue weighted by Gasteiger charge is 2.26. The number of hydrogen-bond acceptors (Lipinski definition) is 2. The first-order chi connectivity index (χ1) is 12.7. The molecule has 3 nitrogen and oxygen atoms in total. The first-order valence-corrected chi connectivity index (χ1v) is 9.83. The van der Waals surface area contributed by atoms with Crippen molar-refractivity contribution in [2.24, 2.45) is 0 Å². The number of carbonyl (C=O) groups excluding carboxylic acids is 1. The fourth-order valence-electron chi connectivity index (χ4n) is 4.03. The van der Waals surface area contributed by atoms with Crippen LogP contribution in [-0.4, -0.2) is 36.5 Å². The van der Waals surface area contributed by atoms with Crippen LogP contribution in [0.15, 0.2) is 60.7 Å². The quantitative estimate of drug-likeness (QED) is 0.754. The number of benzene rings is 2. The second kappa shape index (κ2) is 9.00. The van der Waals surface area contributed by atoms with Gasteiger partial charge in [0, 0.05) is 24.7 Å². The van der Waals surface area contributed by atoms with Crippen LogP contribution < -0.4 is 4.90 Å². The third-order valence-corrected chi connectivity index (χ3v) is 5.43. The smallest absolute Gasteiger partial charge is 0.226 e. The number of rotatable bonds is 6. The lowest BCUT2D eigenvalue weighted by atomic mass is 9.89. The molecule has 1 unspecified atom stereocenters. The lowest BCUT2D eigenvalue weighted by Gasteiger charge is -2.37. The molecule has 1 atom stereocenters. The van der Waals surface area contributed by atoms with Crippen LogP contribution in [0.1, 0.15) is 44.6 Å². The van der Waals surface area contributed by atoms with E-state index >= 15 is 0 Å². The van der Waals surface area contributed by atoms with Gasteiger partial charge in [-0.3, -0.25) is 4.79 Å². The molecule has 0 aromatic heterocycles. The van der Waals surface area contributed by atoms with Crippen molar-refractivity contribution in [3.8, 4) is 0 Å². The molecule has 1 aliphatic heterocycles. The Labute approximate surface area is 157 Å². The molecule has 0 N–H and O–H groups in total. The van der Waals surface area contributed by atoms with Gasteiger partial charge in [-0.25, -0.2) is 0 Å². The minimum Gasteiger partial charge on any atom is -0.308 e. The normalized spacial score (nSPS) is 17.0. The Morgan fingerprint density at radius 2 is 1.62 bits per heavy atom. The predicted molar refractivity (Wildman–Crippen MR) is 109 cm³/mol. The molecule has 0 saturated carbocycles. The SMILES string of the molecule is CCC(=O)N(c1ccccc1)C(C)CN1CCC(c2ccccc2)CC1. The van der Waals surface area contributed by atoms with E-state index in [4.69, 9.17) is 0 Å². The standard InChI is InChI=1S/C23H30N2O/c1-3-23(26)25(22-12-8-5-9-13-22)19(2)18-24-16-14-21(15-17-24)20-10-6-4-7-11-20/h4-13,19,21H,3,14-18H2,1-2H3. The molecule has 1 fully saturated rings. The van der Waals surface area contributed by atoms with Gasteiger partial charge < -0.3 is 9.80 Å². The van der Waals surface area contributed by atoms with E-state index in [0.717, 1.165) is 25.3 Å². The van der Waals surface area contributed by atoms with E-state index in [0.29, 0.717) is 12.3 Å². The number of hydrogen-bond donors (Lipinski definition) is 0. The molecule has 0 radical (unpaired) electrons. The van der Waals surface area contributed by atoms with E-state index in [9.17, 15) is 4.79 Å². The van der Waals surface area contributed by atoms with E-state index in [-0.39, 0.29) is 11.9 Å². The molecule has 0 spiro atoms. The van der Waals surface area contributed by atoms with Gasteiger partial charge >= 0.3 is 0 Å². The van der Waals surface area contributed by atoms with Crippen molar-refractivity contribution in [2.45, 2.75) is 45.1 Å². The summed E-state index contributed by atoms with van der Waals surface area (Å²) in [6.07, 6.45) is 2.93. The number of piperidine rings is 1. The summed E-state index contributed by atoms with van der Waals surface area (Å²) in [6.45, 7) is 7.25. The zero-order valence-electron chi connectivity index (χ0n) is 16.0. The molecule has 3 rings (SSSR count). The van der Waals surface area contributed by atoms with Crippen molar-refractivity contribution >= 4 is 11.6 Å². The number of likely N-dealkylation sites (tertiary alicyclic amines) is 1. The molecule has 0 aliphatic carbocycles. The topological polar surface area (TPSA) is 23.6 Å². The highest BCUT2D eigenvalue weighted by Crippen LogP contribution is 2.28. The van der Waals surface area contributed by atoms with Crippen molar-refractivity contribution in [1.82, 2.24) is 4.90 Å². The molecule has 2 aromatic rings. The first-order valence-electron chi connectivity index (χ1n) is 9.83. The van der Waals surface area contributed by atoms with Crippen LogP contribution in [0.25, 0.3) is 0 Å². The van der Waals surface area contributed by atoms with Crippen molar-refractivity contribution in [1.29, 1.82) is 0 Å². The van der Waals surface area contributed by atoms with Gasteiger partial charge in [-0.05, 0) is 56.5 Å². The second-order valence-corrected chi connectivity index (χ2v) is 7.29. The highest BCUT2D eigenvalue weighted by molar-refractivity contribution is 5.93. The maximum Gasteiger partial charge on any atom is 0.226 e. The van der Waals surface area contributed by atoms with Crippen molar-refractivity contribution < 1.29 is 4.79 Å². The Bertz CT molecular complexity index is 678. The maximum absolute atomic E-state index is 12.5. The largest absolute Gasteiger partial charge is 0.308 e. The molecule has 0 bridgehead atoms. The van der Waals surface area contributed by atoms with Gasteiger partial charge in [0.25, 0.3) is 0 Å². The number of anilines is 1. The summed E-state index contributed by atoms with van der Waals surface area (Å²) < 4.78 is 0. The summed E-state index contributed by atoms with van der Waals surface area (Å²) in [5.41, 5.74) is 2.47. The fourth-order valence-corrected chi connectivity index (χ4v) is 4.03. The lowest BCUT2D eigenvalue weighted by molar-refractivity contribution is -0.118. The summed E-state index contributed by atoms with van der Waals surface area (Å²) in [6, 6.07) is 21.1. The van der Waals surface area contributed by atoms with Gasteiger partial charge in [0.05, 0.1) is 0 Å². The van der Waals surface area contributed by atoms with Crippen LogP contribution in [0.4, 0.5) is 5.69 Å². The van der Waals surface area contributed by atoms with Crippen LogP contribution >= 0.6 is 0 Å². The molecule has 138 valence electrons. The average Bonchev–Trinajstić information content (AvgIpc) is 2.70. The van der Waals surface area contributed by atoms with E-state index in [1.165, 1.54) is 18.4 Å². The lowest BCUT2D eigenvalue weighted by Crippen LogP contribution is -2.47. The van der Waals surface area contributed by atoms with E-state index in [1.807, 2.05) is 42.2 Å². The van der Waals surface area contributed by atoms with Crippen LogP contribution in [0.2, 0.25) is 0 Å². The summed E-state index contributed by atoms with van der Waals surface area (Å²) >= 11 is 0. The fraction of sp³-hybridized carbons (Fsp3) is 0.435. The Morgan fingerprint density at radius 1 is 1.04 bits per heavy atom. The van der Waals surface area contributed by atoms with Gasteiger partial charge in [-0.15, -0.1) is 0 Å². The summed E-state index contributed by atoms with van der Waals surface area (Å²) in [7, 11) is 0. The van der Waals surface area contributed by atoms with Gasteiger partial charge in [-0.1, -0.05) is 55.5 Å². The molecule has 1 saturated heterocycles. The van der Waals surface area contributed by atoms with Crippen LogP contribution in [0.3, 0.4) is 0 Å². The zero-order valence-corrected chi connectivity index (χ0v) is 16.0. The monoisotopic (exact) mass is 350 g/mol. The number of carbonyl (C=O) groups is 1. The molecule has 2 aromatic carbocycles. The summed E-state index contributed by atoms with van der Waals surface area (Å²) in [4.78, 5) is 17.0. The highest BCUT2D eigenvalue weighted by atomic mass is 16.2. The minimum atomic E-state index is 0.179. The average molecular weight is 351 g/mol. The molecule has 1 heterocycles. The molecule has 26 heavy (non-hydrogen) atoms. The third-order valence-electron chi connectivity index (χ3n) is 5.43. The van der Waals surface area contributed by atoms with Crippen LogP contribution in [0, 0.1) is 0 Å². The maximum atomic E-state index is 12.5. The summed E-state index contributed by atoms with van der Waals surface area (Å²) in [5.74, 6) is 0.869. The van der Waals surface area contributed by atoms with Gasteiger partial charge in [-0.2, -0.15) is 0 Å². The molecular weight excluding hydrogens is 320 g/mol. The van der Waals surface area contributed by atoms with E-state index in [1.54, 1.807) is 0 Å². The second-order valence-electron chi connectivity index (χ2n) is 7.29. The summed E-state index contributed by atoms with van der Waals surface area (Å²) in [5, 5.41) is 0. The van der Waals surface area contributed by atoms with Gasteiger partial charge in [0.2, 0.25) is 5.91 Å². The van der Waals surface area contributed by atoms with Crippen molar-refractivity contribution in [3.63, 3.8) is 0 Å². The van der Waals surface area contributed by atoms with Gasteiger partial charge in [0.1, 0.15) is 0 Å². The van der Waals surface area contributed by atoms with E-state index < -0.39 is 0 Å². The minimum absolute atomic E-state index is 0.179. The number of nitrogens with zero attached hydrogens (tertiary/aromatic N) is 2. The Kier molecular flexibility index (Phi) is 6.45. The Hall–Kier alpha value is -2.13. The molecule has 1 aliphatic rings. The molecule has 1 amide bonds. The number of amides is 1. The van der Waals surface area contributed by atoms with Crippen LogP contribution in [0.5, 0.6) is 0 Å². The van der Waals surface area contributed by atoms with E-state index in [2.05, 4.69) is 42.2 Å².